The molecule has 1 radical (unpaired) electrons. The van der Waals surface area contributed by atoms with Gasteiger partial charge in [0, 0.05) is 6.54 Å². The molecule has 0 fully saturated rings. The van der Waals surface area contributed by atoms with Crippen LogP contribution in [-0.4, -0.2) is 6.54 Å². The predicted molar refractivity (Wildman–Crippen MR) is 60.9 cm³/mol. The maximum absolute atomic E-state index is 4.47. The molecule has 0 saturated heterocycles. The van der Waals surface area contributed by atoms with E-state index in [1.165, 1.54) is 10.8 Å². The lowest BCUT2D eigenvalue weighted by Crippen LogP contribution is -1.97. The van der Waals surface area contributed by atoms with Crippen LogP contribution in [0.5, 0.6) is 0 Å². The number of rotatable bonds is 3. The topological polar surface area (TPSA) is 14.1 Å². The summed E-state index contributed by atoms with van der Waals surface area (Å²) in [5.41, 5.74) is 1.09. The Labute approximate surface area is 84.8 Å². The fraction of sp³-hybridized carbons (Fsp3) is 0.231. The van der Waals surface area contributed by atoms with Crippen LogP contribution in [0.3, 0.4) is 0 Å². The molecule has 0 aromatic heterocycles. The van der Waals surface area contributed by atoms with Crippen molar-refractivity contribution >= 4 is 16.5 Å². The summed E-state index contributed by atoms with van der Waals surface area (Å²) in [7, 11) is 0. The number of nitrogens with zero attached hydrogens (tertiary/aromatic N) is 1. The maximum Gasteiger partial charge on any atom is 0.0580 e. The third-order valence-electron chi connectivity index (χ3n) is 2.25. The molecule has 0 atom stereocenters. The highest BCUT2D eigenvalue weighted by Crippen LogP contribution is 2.18. The Hall–Kier alpha value is -1.50. The molecule has 0 aliphatic carbocycles. The standard InChI is InChI=1S/C13H14N/c1-2-9-14-13-8-7-11-5-3-4-6-12(11)10-13/h3-8,10H,2,9H2,1H3. The highest BCUT2D eigenvalue weighted by molar-refractivity contribution is 5.84. The Kier molecular flexibility index (Phi) is 2.68. The molecule has 71 valence electrons. The van der Waals surface area contributed by atoms with E-state index in [4.69, 9.17) is 0 Å². The van der Waals surface area contributed by atoms with Crippen LogP contribution in [0.1, 0.15) is 13.3 Å². The van der Waals surface area contributed by atoms with Crippen molar-refractivity contribution < 1.29 is 0 Å². The summed E-state index contributed by atoms with van der Waals surface area (Å²) in [5, 5.41) is 7.02. The highest BCUT2D eigenvalue weighted by atomic mass is 14.9. The van der Waals surface area contributed by atoms with Crippen molar-refractivity contribution in [2.24, 2.45) is 0 Å². The van der Waals surface area contributed by atoms with Crippen LogP contribution < -0.4 is 5.32 Å². The van der Waals surface area contributed by atoms with Gasteiger partial charge in [-0.05, 0) is 29.3 Å². The van der Waals surface area contributed by atoms with Gasteiger partial charge in [0.25, 0.3) is 0 Å². The zero-order valence-corrected chi connectivity index (χ0v) is 8.40. The average molecular weight is 184 g/mol. The van der Waals surface area contributed by atoms with Crippen molar-refractivity contribution in [1.82, 2.24) is 5.32 Å². The Balaban J connectivity index is 2.32. The molecule has 0 unspecified atom stereocenters. The van der Waals surface area contributed by atoms with Gasteiger partial charge in [0.2, 0.25) is 0 Å². The monoisotopic (exact) mass is 184 g/mol. The minimum atomic E-state index is 0.915. The van der Waals surface area contributed by atoms with Gasteiger partial charge in [0.05, 0.1) is 5.69 Å². The van der Waals surface area contributed by atoms with Crippen LogP contribution in [0.4, 0.5) is 5.69 Å². The average Bonchev–Trinajstić information content (AvgIpc) is 2.26. The minimum absolute atomic E-state index is 0.915. The van der Waals surface area contributed by atoms with Crippen molar-refractivity contribution in [2.45, 2.75) is 13.3 Å². The lowest BCUT2D eigenvalue weighted by molar-refractivity contribution is 0.806. The van der Waals surface area contributed by atoms with Crippen molar-refractivity contribution in [2.75, 3.05) is 6.54 Å². The number of fused-ring (bicyclic) bond motifs is 1. The fourth-order valence-electron chi connectivity index (χ4n) is 1.52. The van der Waals surface area contributed by atoms with E-state index in [9.17, 15) is 0 Å². The second-order valence-corrected chi connectivity index (χ2v) is 3.41. The van der Waals surface area contributed by atoms with E-state index in [1.54, 1.807) is 0 Å². The molecule has 14 heavy (non-hydrogen) atoms. The van der Waals surface area contributed by atoms with E-state index in [1.807, 2.05) is 0 Å². The number of hydrogen-bond donors (Lipinski definition) is 0. The van der Waals surface area contributed by atoms with Gasteiger partial charge >= 0.3 is 0 Å². The molecule has 2 aromatic rings. The zero-order valence-electron chi connectivity index (χ0n) is 8.40. The Morgan fingerprint density at radius 1 is 1.00 bits per heavy atom. The second-order valence-electron chi connectivity index (χ2n) is 3.41. The second kappa shape index (κ2) is 4.14. The molecule has 0 aliphatic heterocycles. The lowest BCUT2D eigenvalue weighted by atomic mass is 10.1. The quantitative estimate of drug-likeness (QED) is 0.693. The largest absolute Gasteiger partial charge is 0.285 e. The van der Waals surface area contributed by atoms with Crippen LogP contribution in [0.2, 0.25) is 0 Å². The number of hydrogen-bond acceptors (Lipinski definition) is 0. The minimum Gasteiger partial charge on any atom is -0.285 e. The summed E-state index contributed by atoms with van der Waals surface area (Å²) in [5.74, 6) is 0. The van der Waals surface area contributed by atoms with Crippen LogP contribution in [0, 0.1) is 0 Å². The molecule has 1 nitrogen and oxygen atoms in total. The molecule has 0 aliphatic rings. The summed E-state index contributed by atoms with van der Waals surface area (Å²) in [6.07, 6.45) is 1.10. The summed E-state index contributed by atoms with van der Waals surface area (Å²) < 4.78 is 0. The maximum atomic E-state index is 4.47. The van der Waals surface area contributed by atoms with Gasteiger partial charge in [0.15, 0.2) is 0 Å². The first kappa shape index (κ1) is 9.07. The lowest BCUT2D eigenvalue weighted by Gasteiger charge is -2.03. The first-order chi connectivity index (χ1) is 6.90. The van der Waals surface area contributed by atoms with Crippen molar-refractivity contribution in [3.63, 3.8) is 0 Å². The molecule has 0 spiro atoms. The van der Waals surface area contributed by atoms with Gasteiger partial charge in [0.1, 0.15) is 0 Å². The highest BCUT2D eigenvalue weighted by Gasteiger charge is 1.95. The van der Waals surface area contributed by atoms with E-state index in [0.29, 0.717) is 0 Å². The smallest absolute Gasteiger partial charge is 0.0580 e. The molecule has 0 saturated carbocycles. The molecular weight excluding hydrogens is 170 g/mol. The van der Waals surface area contributed by atoms with E-state index in [-0.39, 0.29) is 0 Å². The summed E-state index contributed by atoms with van der Waals surface area (Å²) in [4.78, 5) is 0. The SMILES string of the molecule is CCC[N]c1ccc2ccccc2c1. The van der Waals surface area contributed by atoms with E-state index in [2.05, 4.69) is 54.7 Å². The van der Waals surface area contributed by atoms with Crippen LogP contribution in [0.15, 0.2) is 42.5 Å². The number of benzene rings is 2. The molecule has 0 N–H and O–H groups in total. The molecular formula is C13H14N. The zero-order chi connectivity index (χ0) is 9.80. The van der Waals surface area contributed by atoms with E-state index < -0.39 is 0 Å². The first-order valence-corrected chi connectivity index (χ1v) is 5.06. The normalized spacial score (nSPS) is 10.4. The summed E-state index contributed by atoms with van der Waals surface area (Å²) >= 11 is 0. The van der Waals surface area contributed by atoms with Gasteiger partial charge in [-0.15, -0.1) is 0 Å². The van der Waals surface area contributed by atoms with Gasteiger partial charge in [-0.2, -0.15) is 0 Å². The Morgan fingerprint density at radius 2 is 1.79 bits per heavy atom. The van der Waals surface area contributed by atoms with Gasteiger partial charge < -0.3 is 0 Å². The van der Waals surface area contributed by atoms with Crippen LogP contribution >= 0.6 is 0 Å². The van der Waals surface area contributed by atoms with Crippen molar-refractivity contribution in [1.29, 1.82) is 0 Å². The first-order valence-electron chi connectivity index (χ1n) is 5.06. The third kappa shape index (κ3) is 1.87. The Bertz CT molecular complexity index is 420. The summed E-state index contributed by atoms with van der Waals surface area (Å²) in [6, 6.07) is 14.7. The molecule has 0 heterocycles. The van der Waals surface area contributed by atoms with Crippen LogP contribution in [-0.2, 0) is 0 Å². The van der Waals surface area contributed by atoms with Gasteiger partial charge in [-0.3, -0.25) is 5.32 Å². The summed E-state index contributed by atoms with van der Waals surface area (Å²) in [6.45, 7) is 3.06. The molecule has 0 amide bonds. The Morgan fingerprint density at radius 3 is 2.57 bits per heavy atom. The van der Waals surface area contributed by atoms with Gasteiger partial charge in [-0.1, -0.05) is 37.3 Å². The molecule has 2 aromatic carbocycles. The molecule has 0 bridgehead atoms. The van der Waals surface area contributed by atoms with Crippen LogP contribution in [0.25, 0.3) is 10.8 Å². The molecule has 2 rings (SSSR count). The predicted octanol–water partition coefficient (Wildman–Crippen LogP) is 3.49. The van der Waals surface area contributed by atoms with E-state index >= 15 is 0 Å². The molecule has 1 heteroatoms. The van der Waals surface area contributed by atoms with Gasteiger partial charge in [-0.25, -0.2) is 0 Å². The van der Waals surface area contributed by atoms with Crippen molar-refractivity contribution in [3.8, 4) is 0 Å². The van der Waals surface area contributed by atoms with E-state index in [0.717, 1.165) is 18.7 Å². The van der Waals surface area contributed by atoms with Crippen molar-refractivity contribution in [3.05, 3.63) is 42.5 Å². The fourth-order valence-corrected chi connectivity index (χ4v) is 1.52. The third-order valence-corrected chi connectivity index (χ3v) is 2.25.